The van der Waals surface area contributed by atoms with E-state index in [-0.39, 0.29) is 36.6 Å². The molecule has 0 unspecified atom stereocenters. The molecule has 1 aromatic heterocycles. The second kappa shape index (κ2) is 8.68. The average Bonchev–Trinajstić information content (AvgIpc) is 3.36. The van der Waals surface area contributed by atoms with Crippen LogP contribution in [0.1, 0.15) is 32.9 Å². The molecule has 1 atom stereocenters. The largest absolute Gasteiger partial charge is 0.508 e. The molecule has 7 nitrogen and oxygen atoms in total. The summed E-state index contributed by atoms with van der Waals surface area (Å²) in [5.74, 6) is -0.490. The summed E-state index contributed by atoms with van der Waals surface area (Å²) in [5.41, 5.74) is 0.433. The van der Waals surface area contributed by atoms with Crippen LogP contribution in [-0.4, -0.2) is 53.4 Å². The third-order valence-electron chi connectivity index (χ3n) is 4.39. The summed E-state index contributed by atoms with van der Waals surface area (Å²) >= 11 is 1.37. The van der Waals surface area contributed by atoms with Gasteiger partial charge in [-0.1, -0.05) is 6.07 Å². The van der Waals surface area contributed by atoms with E-state index in [0.717, 1.165) is 6.42 Å². The van der Waals surface area contributed by atoms with Crippen LogP contribution >= 0.6 is 11.3 Å². The molecule has 27 heavy (non-hydrogen) atoms. The highest BCUT2D eigenvalue weighted by Crippen LogP contribution is 2.22. The zero-order valence-corrected chi connectivity index (χ0v) is 15.5. The molecule has 1 fully saturated rings. The molecule has 1 saturated heterocycles. The molecule has 0 spiro atoms. The van der Waals surface area contributed by atoms with Crippen molar-refractivity contribution in [3.63, 3.8) is 0 Å². The number of likely N-dealkylation sites (tertiary alicyclic amines) is 1. The van der Waals surface area contributed by atoms with Gasteiger partial charge in [-0.25, -0.2) is 0 Å². The van der Waals surface area contributed by atoms with Crippen molar-refractivity contribution < 1.29 is 19.5 Å². The first-order chi connectivity index (χ1) is 13.1. The Morgan fingerprint density at radius 3 is 2.56 bits per heavy atom. The Morgan fingerprint density at radius 1 is 1.11 bits per heavy atom. The van der Waals surface area contributed by atoms with Crippen LogP contribution in [0.5, 0.6) is 5.75 Å². The first-order valence-electron chi connectivity index (χ1n) is 8.75. The van der Waals surface area contributed by atoms with Crippen LogP contribution in [0.3, 0.4) is 0 Å². The Hall–Kier alpha value is -2.87. The van der Waals surface area contributed by atoms with Crippen LogP contribution in [0, 0.1) is 0 Å². The molecule has 0 bridgehead atoms. The Morgan fingerprint density at radius 2 is 1.85 bits per heavy atom. The monoisotopic (exact) mass is 387 g/mol. The zero-order chi connectivity index (χ0) is 19.2. The minimum atomic E-state index is -0.465. The van der Waals surface area contributed by atoms with E-state index in [0.29, 0.717) is 23.4 Å². The molecule has 2 heterocycles. The molecule has 0 saturated carbocycles. The lowest BCUT2D eigenvalue weighted by atomic mass is 10.2. The number of phenolic OH excluding ortho intramolecular Hbond substituents is 1. The summed E-state index contributed by atoms with van der Waals surface area (Å²) in [6, 6.07) is 9.05. The van der Waals surface area contributed by atoms with Crippen molar-refractivity contribution in [1.82, 2.24) is 15.5 Å². The minimum absolute atomic E-state index is 0.0945. The highest BCUT2D eigenvalue weighted by molar-refractivity contribution is 7.12. The Labute approximate surface area is 161 Å². The summed E-state index contributed by atoms with van der Waals surface area (Å²) in [4.78, 5) is 39.2. The van der Waals surface area contributed by atoms with Crippen molar-refractivity contribution >= 4 is 29.1 Å². The third-order valence-corrected chi connectivity index (χ3v) is 5.25. The zero-order valence-electron chi connectivity index (χ0n) is 14.7. The number of carbonyl (C=O) groups excluding carboxylic acids is 3. The van der Waals surface area contributed by atoms with Crippen LogP contribution < -0.4 is 10.6 Å². The number of rotatable bonds is 6. The van der Waals surface area contributed by atoms with Crippen LogP contribution in [0.2, 0.25) is 0 Å². The van der Waals surface area contributed by atoms with Gasteiger partial charge in [-0.15, -0.1) is 11.3 Å². The molecule has 3 N–H and O–H groups in total. The van der Waals surface area contributed by atoms with Crippen molar-refractivity contribution in [2.45, 2.75) is 18.9 Å². The number of amides is 3. The highest BCUT2D eigenvalue weighted by Gasteiger charge is 2.34. The van der Waals surface area contributed by atoms with Gasteiger partial charge in [0.25, 0.3) is 11.8 Å². The second-order valence-corrected chi connectivity index (χ2v) is 7.18. The van der Waals surface area contributed by atoms with Gasteiger partial charge >= 0.3 is 0 Å². The Balaban J connectivity index is 1.45. The number of nitrogens with zero attached hydrogens (tertiary/aromatic N) is 1. The maximum atomic E-state index is 12.5. The molecular weight excluding hydrogens is 366 g/mol. The SMILES string of the molecule is O=C(NCCNC(=O)[C@@H]1CCCN1C(=O)c1cccs1)c1ccc(O)cc1. The van der Waals surface area contributed by atoms with Gasteiger partial charge in [-0.2, -0.15) is 0 Å². The highest BCUT2D eigenvalue weighted by atomic mass is 32.1. The Bertz CT molecular complexity index is 805. The smallest absolute Gasteiger partial charge is 0.264 e. The van der Waals surface area contributed by atoms with Gasteiger partial charge in [0.15, 0.2) is 0 Å². The van der Waals surface area contributed by atoms with Crippen molar-refractivity contribution in [2.24, 2.45) is 0 Å². The van der Waals surface area contributed by atoms with Gasteiger partial charge in [-0.3, -0.25) is 14.4 Å². The molecule has 3 rings (SSSR count). The lowest BCUT2D eigenvalue weighted by Crippen LogP contribution is -2.47. The minimum Gasteiger partial charge on any atom is -0.508 e. The molecular formula is C19H21N3O4S. The van der Waals surface area contributed by atoms with Gasteiger partial charge in [0, 0.05) is 25.2 Å². The molecule has 142 valence electrons. The first-order valence-corrected chi connectivity index (χ1v) is 9.63. The van der Waals surface area contributed by atoms with Crippen molar-refractivity contribution in [1.29, 1.82) is 0 Å². The van der Waals surface area contributed by atoms with Gasteiger partial charge in [0.1, 0.15) is 11.8 Å². The average molecular weight is 387 g/mol. The summed E-state index contributed by atoms with van der Waals surface area (Å²) in [6.07, 6.45) is 1.44. The van der Waals surface area contributed by atoms with E-state index in [4.69, 9.17) is 0 Å². The quantitative estimate of drug-likeness (QED) is 0.656. The molecule has 8 heteroatoms. The predicted molar refractivity (Wildman–Crippen MR) is 102 cm³/mol. The fourth-order valence-corrected chi connectivity index (χ4v) is 3.70. The van der Waals surface area contributed by atoms with Crippen LogP contribution in [0.25, 0.3) is 0 Å². The van der Waals surface area contributed by atoms with E-state index in [1.807, 2.05) is 11.4 Å². The van der Waals surface area contributed by atoms with E-state index in [1.165, 1.54) is 35.6 Å². The first kappa shape index (κ1) is 18.9. The molecule has 3 amide bonds. The fraction of sp³-hybridized carbons (Fsp3) is 0.316. The molecule has 0 aliphatic carbocycles. The fourth-order valence-electron chi connectivity index (χ4n) is 3.02. The van der Waals surface area contributed by atoms with Crippen LogP contribution in [-0.2, 0) is 4.79 Å². The van der Waals surface area contributed by atoms with Crippen LogP contribution in [0.15, 0.2) is 41.8 Å². The van der Waals surface area contributed by atoms with Gasteiger partial charge in [0.2, 0.25) is 5.91 Å². The molecule has 2 aromatic rings. The maximum absolute atomic E-state index is 12.5. The topological polar surface area (TPSA) is 98.7 Å². The van der Waals surface area contributed by atoms with Crippen molar-refractivity contribution in [3.05, 3.63) is 52.2 Å². The number of thiophene rings is 1. The number of hydrogen-bond donors (Lipinski definition) is 3. The number of phenols is 1. The predicted octanol–water partition coefficient (Wildman–Crippen LogP) is 1.60. The van der Waals surface area contributed by atoms with Crippen molar-refractivity contribution in [2.75, 3.05) is 19.6 Å². The van der Waals surface area contributed by atoms with E-state index < -0.39 is 6.04 Å². The second-order valence-electron chi connectivity index (χ2n) is 6.23. The number of aromatic hydroxyl groups is 1. The number of nitrogens with one attached hydrogen (secondary N) is 2. The standard InChI is InChI=1S/C19H21N3O4S/c23-14-7-5-13(6-8-14)17(24)20-9-10-21-18(25)15-3-1-11-22(15)19(26)16-4-2-12-27-16/h2,4-8,12,15,23H,1,3,9-11H2,(H,20,24)(H,21,25)/t15-/m0/s1. The summed E-state index contributed by atoms with van der Waals surface area (Å²) < 4.78 is 0. The normalized spacial score (nSPS) is 16.1. The molecule has 1 aliphatic heterocycles. The van der Waals surface area contributed by atoms with E-state index in [1.54, 1.807) is 11.0 Å². The summed E-state index contributed by atoms with van der Waals surface area (Å²) in [5, 5.41) is 16.6. The van der Waals surface area contributed by atoms with Gasteiger partial charge in [-0.05, 0) is 48.6 Å². The maximum Gasteiger partial charge on any atom is 0.264 e. The number of hydrogen-bond acceptors (Lipinski definition) is 5. The Kier molecular flexibility index (Phi) is 6.08. The van der Waals surface area contributed by atoms with Gasteiger partial charge in [0.05, 0.1) is 4.88 Å². The summed E-state index contributed by atoms with van der Waals surface area (Å²) in [7, 11) is 0. The van der Waals surface area contributed by atoms with E-state index in [2.05, 4.69) is 10.6 Å². The number of carbonyl (C=O) groups is 3. The molecule has 1 aliphatic rings. The van der Waals surface area contributed by atoms with Crippen LogP contribution in [0.4, 0.5) is 0 Å². The van der Waals surface area contributed by atoms with Gasteiger partial charge < -0.3 is 20.6 Å². The lowest BCUT2D eigenvalue weighted by Gasteiger charge is -2.23. The lowest BCUT2D eigenvalue weighted by molar-refractivity contribution is -0.124. The van der Waals surface area contributed by atoms with E-state index in [9.17, 15) is 19.5 Å². The van der Waals surface area contributed by atoms with E-state index >= 15 is 0 Å². The summed E-state index contributed by atoms with van der Waals surface area (Å²) in [6.45, 7) is 1.13. The van der Waals surface area contributed by atoms with Crippen molar-refractivity contribution in [3.8, 4) is 5.75 Å². The molecule has 0 radical (unpaired) electrons. The molecule has 1 aromatic carbocycles. The third kappa shape index (κ3) is 4.65. The number of benzene rings is 1.